The van der Waals surface area contributed by atoms with E-state index in [9.17, 15) is 18.8 Å². The highest BCUT2D eigenvalue weighted by Crippen LogP contribution is 2.35. The van der Waals surface area contributed by atoms with Gasteiger partial charge in [-0.25, -0.2) is 4.39 Å². The fourth-order valence-corrected chi connectivity index (χ4v) is 3.28. The first kappa shape index (κ1) is 18.7. The molecular formula is C19H15FN2O4S. The number of hydrogen-bond acceptors (Lipinski definition) is 5. The van der Waals surface area contributed by atoms with Crippen LogP contribution in [0, 0.1) is 5.82 Å². The molecule has 3 rings (SSSR count). The van der Waals surface area contributed by atoms with Crippen molar-refractivity contribution in [1.82, 2.24) is 4.90 Å². The molecule has 0 spiro atoms. The number of carbonyl (C=O) groups is 3. The first-order chi connectivity index (χ1) is 13.0. The fraction of sp³-hybridized carbons (Fsp3) is 0.105. The van der Waals surface area contributed by atoms with E-state index in [2.05, 4.69) is 0 Å². The van der Waals surface area contributed by atoms with Gasteiger partial charge in [-0.05, 0) is 30.0 Å². The Morgan fingerprint density at radius 1 is 1.15 bits per heavy atom. The normalized spacial score (nSPS) is 15.4. The van der Waals surface area contributed by atoms with Gasteiger partial charge in [0.15, 0.2) is 6.61 Å². The van der Waals surface area contributed by atoms with E-state index in [1.807, 2.05) is 0 Å². The van der Waals surface area contributed by atoms with E-state index in [1.165, 1.54) is 24.3 Å². The molecule has 1 fully saturated rings. The Morgan fingerprint density at radius 2 is 1.85 bits per heavy atom. The molecule has 27 heavy (non-hydrogen) atoms. The number of benzene rings is 2. The second-order valence-electron chi connectivity index (χ2n) is 5.65. The van der Waals surface area contributed by atoms with Crippen molar-refractivity contribution < 1.29 is 23.5 Å². The van der Waals surface area contributed by atoms with Gasteiger partial charge in [0.1, 0.15) is 11.6 Å². The summed E-state index contributed by atoms with van der Waals surface area (Å²) < 4.78 is 19.1. The van der Waals surface area contributed by atoms with Gasteiger partial charge in [0.05, 0.1) is 11.4 Å². The molecule has 1 heterocycles. The number of nitrogens with zero attached hydrogens (tertiary/aromatic N) is 1. The molecule has 0 bridgehead atoms. The zero-order chi connectivity index (χ0) is 19.4. The molecule has 0 atom stereocenters. The molecule has 0 radical (unpaired) electrons. The molecule has 0 unspecified atom stereocenters. The number of ether oxygens (including phenoxy) is 1. The monoisotopic (exact) mass is 386 g/mol. The zero-order valence-electron chi connectivity index (χ0n) is 14.1. The minimum absolute atomic E-state index is 0.144. The van der Waals surface area contributed by atoms with Crippen LogP contribution in [-0.4, -0.2) is 28.6 Å². The van der Waals surface area contributed by atoms with Gasteiger partial charge in [-0.3, -0.25) is 19.3 Å². The Balaban J connectivity index is 1.83. The third-order valence-corrected chi connectivity index (χ3v) is 4.64. The van der Waals surface area contributed by atoms with Crippen molar-refractivity contribution in [2.45, 2.75) is 6.54 Å². The number of amides is 3. The lowest BCUT2D eigenvalue weighted by Crippen LogP contribution is -2.27. The number of para-hydroxylation sites is 1. The molecular weight excluding hydrogens is 371 g/mol. The van der Waals surface area contributed by atoms with Crippen LogP contribution in [0.1, 0.15) is 11.1 Å². The van der Waals surface area contributed by atoms with Crippen LogP contribution in [0.4, 0.5) is 9.18 Å². The van der Waals surface area contributed by atoms with E-state index < -0.39 is 22.9 Å². The first-order valence-corrected chi connectivity index (χ1v) is 8.76. The molecule has 0 aromatic heterocycles. The van der Waals surface area contributed by atoms with Gasteiger partial charge >= 0.3 is 0 Å². The van der Waals surface area contributed by atoms with Crippen molar-refractivity contribution >= 4 is 34.9 Å². The molecule has 138 valence electrons. The molecule has 6 nitrogen and oxygen atoms in total. The quantitative estimate of drug-likeness (QED) is 0.771. The van der Waals surface area contributed by atoms with Crippen molar-refractivity contribution in [3.8, 4) is 5.75 Å². The molecule has 0 aliphatic carbocycles. The predicted octanol–water partition coefficient (Wildman–Crippen LogP) is 2.93. The van der Waals surface area contributed by atoms with Crippen molar-refractivity contribution in [3.63, 3.8) is 0 Å². The summed E-state index contributed by atoms with van der Waals surface area (Å²) in [5, 5.41) is -0.481. The summed E-state index contributed by atoms with van der Waals surface area (Å²) in [4.78, 5) is 36.9. The number of rotatable bonds is 6. The van der Waals surface area contributed by atoms with Gasteiger partial charge < -0.3 is 10.5 Å². The van der Waals surface area contributed by atoms with Crippen LogP contribution in [0.15, 0.2) is 53.4 Å². The van der Waals surface area contributed by atoms with E-state index in [0.29, 0.717) is 11.3 Å². The second kappa shape index (κ2) is 8.05. The first-order valence-electron chi connectivity index (χ1n) is 7.94. The van der Waals surface area contributed by atoms with Crippen molar-refractivity contribution in [2.24, 2.45) is 5.73 Å². The lowest BCUT2D eigenvalue weighted by Gasteiger charge is -2.13. The molecule has 0 saturated carbocycles. The van der Waals surface area contributed by atoms with Crippen LogP contribution in [-0.2, 0) is 16.1 Å². The maximum Gasteiger partial charge on any atom is 0.293 e. The molecule has 3 amide bonds. The molecule has 1 aliphatic heterocycles. The Bertz CT molecular complexity index is 945. The summed E-state index contributed by atoms with van der Waals surface area (Å²) in [6.07, 6.45) is 1.50. The molecule has 2 aromatic carbocycles. The van der Waals surface area contributed by atoms with Crippen molar-refractivity contribution in [3.05, 3.63) is 70.4 Å². The van der Waals surface area contributed by atoms with E-state index >= 15 is 0 Å². The van der Waals surface area contributed by atoms with Gasteiger partial charge in [0.25, 0.3) is 17.1 Å². The van der Waals surface area contributed by atoms with Crippen molar-refractivity contribution in [2.75, 3.05) is 6.61 Å². The number of thioether (sulfide) groups is 1. The zero-order valence-corrected chi connectivity index (χ0v) is 14.9. The number of nitrogens with two attached hydrogens (primary N) is 1. The van der Waals surface area contributed by atoms with E-state index in [-0.39, 0.29) is 23.6 Å². The van der Waals surface area contributed by atoms with Crippen LogP contribution in [0.25, 0.3) is 6.08 Å². The summed E-state index contributed by atoms with van der Waals surface area (Å²) in [6, 6.07) is 12.7. The molecule has 1 aliphatic rings. The minimum atomic E-state index is -0.630. The SMILES string of the molecule is NC(=O)COc1ccccc1/C=C1\SC(=O)N(Cc2ccccc2F)C1=O. The van der Waals surface area contributed by atoms with Gasteiger partial charge in [-0.15, -0.1) is 0 Å². The molecule has 2 N–H and O–H groups in total. The summed E-state index contributed by atoms with van der Waals surface area (Å²) in [7, 11) is 0. The summed E-state index contributed by atoms with van der Waals surface area (Å²) >= 11 is 0.764. The Morgan fingerprint density at radius 3 is 2.59 bits per heavy atom. The van der Waals surface area contributed by atoms with E-state index in [1.54, 1.807) is 30.3 Å². The second-order valence-corrected chi connectivity index (χ2v) is 6.65. The minimum Gasteiger partial charge on any atom is -0.483 e. The predicted molar refractivity (Wildman–Crippen MR) is 99.0 cm³/mol. The lowest BCUT2D eigenvalue weighted by molar-refractivity contribution is -0.123. The van der Waals surface area contributed by atoms with Gasteiger partial charge in [-0.1, -0.05) is 36.4 Å². The topological polar surface area (TPSA) is 89.7 Å². The summed E-state index contributed by atoms with van der Waals surface area (Å²) in [5.74, 6) is -1.27. The number of primary amides is 1. The van der Waals surface area contributed by atoms with Gasteiger partial charge in [0, 0.05) is 11.1 Å². The number of hydrogen-bond donors (Lipinski definition) is 1. The average molecular weight is 386 g/mol. The highest BCUT2D eigenvalue weighted by atomic mass is 32.2. The highest BCUT2D eigenvalue weighted by molar-refractivity contribution is 8.18. The fourth-order valence-electron chi connectivity index (χ4n) is 2.45. The maximum atomic E-state index is 13.8. The largest absolute Gasteiger partial charge is 0.483 e. The van der Waals surface area contributed by atoms with Crippen LogP contribution in [0.5, 0.6) is 5.75 Å². The highest BCUT2D eigenvalue weighted by Gasteiger charge is 2.35. The Kier molecular flexibility index (Phi) is 5.56. The molecule has 8 heteroatoms. The van der Waals surface area contributed by atoms with Crippen LogP contribution in [0.2, 0.25) is 0 Å². The molecule has 1 saturated heterocycles. The van der Waals surface area contributed by atoms with E-state index in [0.717, 1.165) is 16.7 Å². The molecule has 2 aromatic rings. The third-order valence-electron chi connectivity index (χ3n) is 3.74. The van der Waals surface area contributed by atoms with Gasteiger partial charge in [0.2, 0.25) is 0 Å². The van der Waals surface area contributed by atoms with Crippen molar-refractivity contribution in [1.29, 1.82) is 0 Å². The van der Waals surface area contributed by atoms with Crippen LogP contribution < -0.4 is 10.5 Å². The van der Waals surface area contributed by atoms with E-state index in [4.69, 9.17) is 10.5 Å². The van der Waals surface area contributed by atoms with Crippen LogP contribution in [0.3, 0.4) is 0 Å². The average Bonchev–Trinajstić information content (AvgIpc) is 2.90. The smallest absolute Gasteiger partial charge is 0.293 e. The summed E-state index contributed by atoms with van der Waals surface area (Å²) in [5.41, 5.74) is 5.86. The maximum absolute atomic E-state index is 13.8. The Labute approximate surface area is 158 Å². The number of carbonyl (C=O) groups excluding carboxylic acids is 3. The standard InChI is InChI=1S/C19H15FN2O4S/c20-14-7-3-1-6-13(14)10-22-18(24)16(27-19(22)25)9-12-5-2-4-8-15(12)26-11-17(21)23/h1-9H,10-11H2,(H2,21,23)/b16-9-. The van der Waals surface area contributed by atoms with Gasteiger partial charge in [-0.2, -0.15) is 0 Å². The third kappa shape index (κ3) is 4.35. The Hall–Kier alpha value is -3.13. The number of halogens is 1. The summed E-state index contributed by atoms with van der Waals surface area (Å²) in [6.45, 7) is -0.450. The lowest BCUT2D eigenvalue weighted by atomic mass is 10.1. The number of imide groups is 1. The van der Waals surface area contributed by atoms with Crippen LogP contribution >= 0.6 is 11.8 Å².